The van der Waals surface area contributed by atoms with Crippen LogP contribution in [-0.4, -0.2) is 174 Å². The molecule has 0 saturated carbocycles. The van der Waals surface area contributed by atoms with E-state index in [0.29, 0.717) is 51.4 Å². The quantitative estimate of drug-likeness (QED) is 0.0127. The summed E-state index contributed by atoms with van der Waals surface area (Å²) in [5.74, 6) is 2.80. The molecule has 109 heavy (non-hydrogen) atoms. The maximum Gasteiger partial charge on any atom is 0.419 e. The number of carbonyl (C=O) groups excluding carboxylic acids is 3. The highest BCUT2D eigenvalue weighted by Gasteiger charge is 2.21. The first-order chi connectivity index (χ1) is 52.6. The highest BCUT2D eigenvalue weighted by molar-refractivity contribution is 7.99. The molecular weight excluding hydrogens is 1500 g/mol. The number of aliphatic hydroxyl groups is 1. The number of methoxy groups -OCH3 is 5. The van der Waals surface area contributed by atoms with E-state index in [9.17, 15) is 37.2 Å². The fourth-order valence-electron chi connectivity index (χ4n) is 9.91. The summed E-state index contributed by atoms with van der Waals surface area (Å²) in [5, 5.41) is 37.7. The Kier molecular flexibility index (Phi) is 34.9. The van der Waals surface area contributed by atoms with Crippen LogP contribution in [0.25, 0.3) is 32.7 Å². The van der Waals surface area contributed by atoms with Crippen LogP contribution in [0.2, 0.25) is 0 Å². The minimum absolute atomic E-state index is 0.0734. The van der Waals surface area contributed by atoms with E-state index in [4.69, 9.17) is 58.3 Å². The van der Waals surface area contributed by atoms with E-state index < -0.39 is 46.0 Å². The van der Waals surface area contributed by atoms with Crippen molar-refractivity contribution in [2.45, 2.75) is 43.7 Å². The van der Waals surface area contributed by atoms with Crippen molar-refractivity contribution in [2.75, 3.05) is 85.0 Å². The highest BCUT2D eigenvalue weighted by atomic mass is 32.2. The monoisotopic (exact) mass is 1580 g/mol. The number of carbonyl (C=O) groups is 6. The van der Waals surface area contributed by atoms with Crippen molar-refractivity contribution in [3.63, 3.8) is 0 Å². The second kappa shape index (κ2) is 44.8. The van der Waals surface area contributed by atoms with Gasteiger partial charge in [-0.2, -0.15) is 0 Å². The summed E-state index contributed by atoms with van der Waals surface area (Å²) in [4.78, 5) is 80.1. The van der Waals surface area contributed by atoms with Gasteiger partial charge in [-0.1, -0.05) is 54.6 Å². The molecule has 0 unspecified atom stereocenters. The minimum Gasteiger partial charge on any atom is -0.497 e. The number of sulfone groups is 1. The number of hydrogen-bond acceptors (Lipinski definition) is 22. The molecule has 0 saturated heterocycles. The molecule has 0 aliphatic carbocycles. The van der Waals surface area contributed by atoms with E-state index in [1.165, 1.54) is 70.0 Å². The van der Waals surface area contributed by atoms with Gasteiger partial charge >= 0.3 is 36.2 Å². The lowest BCUT2D eigenvalue weighted by atomic mass is 10.1. The van der Waals surface area contributed by atoms with Gasteiger partial charge < -0.3 is 63.3 Å². The van der Waals surface area contributed by atoms with Gasteiger partial charge in [-0.15, -0.1) is 47.9 Å². The van der Waals surface area contributed by atoms with Crippen LogP contribution < -0.4 is 23.7 Å². The third-order valence-electron chi connectivity index (χ3n) is 15.2. The lowest BCUT2D eigenvalue weighted by molar-refractivity contribution is -0.137. The number of nitrogens with one attached hydrogen (secondary N) is 1. The Balaban J connectivity index is 0.000000190. The molecule has 0 atom stereocenters. The van der Waals surface area contributed by atoms with Gasteiger partial charge in [0, 0.05) is 89.5 Å². The lowest BCUT2D eigenvalue weighted by Crippen LogP contribution is -2.19. The predicted molar refractivity (Wildman–Crippen MR) is 422 cm³/mol. The number of H-pyrrole nitrogens is 1. The fraction of sp³-hybridized carbons (Fsp3) is 0.203. The molecule has 4 aromatic heterocycles. The van der Waals surface area contributed by atoms with E-state index in [1.807, 2.05) is 127 Å². The molecule has 8 aromatic carbocycles. The number of aliphatic carboxylic acids is 3. The summed E-state index contributed by atoms with van der Waals surface area (Å²) < 4.78 is 69.3. The summed E-state index contributed by atoms with van der Waals surface area (Å²) in [6.45, 7) is 0.481. The minimum atomic E-state index is -3.64. The normalized spacial score (nSPS) is 10.5. The van der Waals surface area contributed by atoms with Crippen molar-refractivity contribution in [3.05, 3.63) is 248 Å². The average Bonchev–Trinajstić information content (AvgIpc) is 1.66. The fourth-order valence-corrected chi connectivity index (χ4v) is 13.3. The van der Waals surface area contributed by atoms with E-state index in [1.54, 1.807) is 119 Å². The van der Waals surface area contributed by atoms with Gasteiger partial charge in [0.25, 0.3) is 0 Å². The van der Waals surface area contributed by atoms with E-state index in [0.717, 1.165) is 70.2 Å². The molecule has 12 rings (SSSR count). The number of imidazole rings is 1. The van der Waals surface area contributed by atoms with Crippen molar-refractivity contribution in [1.29, 1.82) is 0 Å². The Morgan fingerprint density at radius 1 is 0.459 bits per heavy atom. The number of aromatic amines is 1. The van der Waals surface area contributed by atoms with Gasteiger partial charge in [-0.3, -0.25) is 23.5 Å². The molecule has 30 heteroatoms. The molecule has 572 valence electrons. The number of fused-ring (bicyclic) bond motifs is 3. The third-order valence-corrected chi connectivity index (χ3v) is 20.1. The molecule has 0 fully saturated rings. The SMILES string of the molecule is COc1ccc(S(=O)(=O)CCOC(=O)n2cc(CC(=O)O)c3ccccc32)cc1.COc1ccc(S)cc1.COc1ccc(SCCO)cc1.COc1ccc(SCCOC(=O)n2cc(CC(=O)O)c3ccccc32)cc1.COc1ccc(SCCOC(=O)n2ccnc2)cc1.O=C(O)Cc1c[nH]c2ccccc12. The smallest absolute Gasteiger partial charge is 0.419 e. The van der Waals surface area contributed by atoms with E-state index in [-0.39, 0.29) is 49.7 Å². The molecule has 25 nitrogen and oxygen atoms in total. The number of hydrogen-bond donors (Lipinski definition) is 6. The molecule has 4 heterocycles. The lowest BCUT2D eigenvalue weighted by Gasteiger charge is -2.08. The van der Waals surface area contributed by atoms with Crippen LogP contribution >= 0.6 is 47.9 Å². The molecule has 0 amide bonds. The number of aromatic nitrogens is 5. The van der Waals surface area contributed by atoms with Crippen molar-refractivity contribution >= 4 is 127 Å². The Labute approximate surface area is 647 Å². The first-order valence-electron chi connectivity index (χ1n) is 33.1. The third kappa shape index (κ3) is 27.8. The molecular formula is C79H81N5O20S5. The summed E-state index contributed by atoms with van der Waals surface area (Å²) >= 11 is 8.94. The van der Waals surface area contributed by atoms with Crippen LogP contribution in [-0.2, 0) is 57.7 Å². The number of para-hydroxylation sites is 3. The Morgan fingerprint density at radius 2 is 0.835 bits per heavy atom. The van der Waals surface area contributed by atoms with Gasteiger partial charge in [0.1, 0.15) is 54.9 Å². The largest absolute Gasteiger partial charge is 0.497 e. The Morgan fingerprint density at radius 3 is 1.25 bits per heavy atom. The van der Waals surface area contributed by atoms with Crippen molar-refractivity contribution in [3.8, 4) is 28.7 Å². The van der Waals surface area contributed by atoms with Crippen LogP contribution in [0.5, 0.6) is 28.7 Å². The zero-order valence-electron chi connectivity index (χ0n) is 59.9. The molecule has 5 N–H and O–H groups in total. The van der Waals surface area contributed by atoms with Gasteiger partial charge in [0.2, 0.25) is 0 Å². The zero-order chi connectivity index (χ0) is 78.5. The van der Waals surface area contributed by atoms with Crippen molar-refractivity contribution in [2.24, 2.45) is 0 Å². The number of rotatable bonds is 26. The van der Waals surface area contributed by atoms with E-state index in [2.05, 4.69) is 22.6 Å². The number of carboxylic acids is 3. The first kappa shape index (κ1) is 85.0. The molecule has 0 aliphatic rings. The number of carboxylic acid groups (broad SMARTS) is 3. The van der Waals surface area contributed by atoms with Crippen molar-refractivity contribution < 1.29 is 95.5 Å². The van der Waals surface area contributed by atoms with Gasteiger partial charge in [-0.25, -0.2) is 32.4 Å². The second-order valence-corrected chi connectivity index (χ2v) is 28.6. The Hall–Kier alpha value is -11.3. The number of thioether (sulfide) groups is 3. The van der Waals surface area contributed by atoms with E-state index >= 15 is 0 Å². The highest BCUT2D eigenvalue weighted by Crippen LogP contribution is 2.28. The summed E-state index contributed by atoms with van der Waals surface area (Å²) in [5.41, 5.74) is 4.01. The number of nitrogens with zero attached hydrogens (tertiary/aromatic N) is 4. The maximum atomic E-state index is 12.4. The van der Waals surface area contributed by atoms with Gasteiger partial charge in [0.15, 0.2) is 9.84 Å². The summed E-state index contributed by atoms with van der Waals surface area (Å²) in [6, 6.07) is 58.4. The van der Waals surface area contributed by atoms with Gasteiger partial charge in [-0.05, 0) is 156 Å². The Bertz CT molecular complexity index is 4960. The maximum absolute atomic E-state index is 12.4. The molecule has 12 aromatic rings. The number of thiol groups is 1. The standard InChI is InChI=1S/C20H19NO7S.C20H19NO5S.C13H14N2O3S.C10H9NO2.C9H12O2S.C7H8OS/c1-27-15-6-8-16(9-7-15)29(25,26)11-10-28-20(24)21-13-14(12-19(22)23)17-4-2-3-5-18(17)21;1-25-15-6-8-16(9-7-15)27-11-10-26-20(24)21-13-14(12-19(22)23)17-4-2-3-5-18(17)21;1-17-11-2-4-12(5-3-11)19-9-8-18-13(16)15-7-6-14-10-15;12-10(13)5-7-6-11-9-4-2-1-3-8(7)9;1-11-8-2-4-9(5-3-8)12-7-6-10;1-8-6-2-4-7(9)5-3-6/h2-9,13H,10-12H2,1H3,(H,22,23);2-9,13H,10-12H2,1H3,(H,22,23);2-7,10H,8-9H2,1H3;1-4,6,11H,5H2,(H,12,13);2-5,10H,6-7H2,1H3;2-5,9H,1H3. The molecule has 0 spiro atoms. The topological polar surface area (TPSA) is 335 Å². The first-order valence-corrected chi connectivity index (χ1v) is 38.2. The van der Waals surface area contributed by atoms with Crippen LogP contribution in [0.1, 0.15) is 16.7 Å². The number of aliphatic hydroxyl groups excluding tert-OH is 1. The van der Waals surface area contributed by atoms with Crippen LogP contribution in [0.15, 0.2) is 256 Å². The average molecular weight is 1580 g/mol. The van der Waals surface area contributed by atoms with Gasteiger partial charge in [0.05, 0.1) is 83.1 Å². The zero-order valence-corrected chi connectivity index (χ0v) is 64.1. The van der Waals surface area contributed by atoms with Crippen LogP contribution in [0, 0.1) is 0 Å². The predicted octanol–water partition coefficient (Wildman–Crippen LogP) is 15.0. The summed E-state index contributed by atoms with van der Waals surface area (Å²) in [6.07, 6.45) is 7.18. The van der Waals surface area contributed by atoms with Crippen LogP contribution in [0.4, 0.5) is 14.4 Å². The summed E-state index contributed by atoms with van der Waals surface area (Å²) in [7, 11) is 4.40. The molecule has 0 radical (unpaired) electrons. The number of benzene rings is 8. The number of ether oxygens (including phenoxy) is 8. The second-order valence-electron chi connectivity index (χ2n) is 22.5. The van der Waals surface area contributed by atoms with Crippen LogP contribution in [0.3, 0.4) is 0 Å². The van der Waals surface area contributed by atoms with Crippen molar-refractivity contribution in [1.82, 2.24) is 23.7 Å². The molecule has 0 bridgehead atoms. The molecule has 0 aliphatic heterocycles.